The van der Waals surface area contributed by atoms with Gasteiger partial charge in [0.1, 0.15) is 0 Å². The van der Waals surface area contributed by atoms with Gasteiger partial charge in [0.15, 0.2) is 0 Å². The molecular weight excluding hydrogens is 224 g/mol. The van der Waals surface area contributed by atoms with Crippen LogP contribution >= 0.6 is 11.6 Å². The smallest absolute Gasteiger partial charge is 0.0679 e. The summed E-state index contributed by atoms with van der Waals surface area (Å²) in [5, 5.41) is 10.2. The van der Waals surface area contributed by atoms with Gasteiger partial charge in [-0.1, -0.05) is 23.7 Å². The number of aliphatic hydroxyl groups excluding tert-OH is 1. The quantitative estimate of drug-likeness (QED) is 0.839. The van der Waals surface area contributed by atoms with Crippen LogP contribution in [0.2, 0.25) is 5.02 Å². The van der Waals surface area contributed by atoms with E-state index >= 15 is 0 Å². The fourth-order valence-electron chi connectivity index (χ4n) is 2.04. The zero-order chi connectivity index (χ0) is 11.5. The Bertz CT molecular complexity index is 370. The van der Waals surface area contributed by atoms with E-state index in [1.54, 1.807) is 0 Å². The zero-order valence-electron chi connectivity index (χ0n) is 9.19. The monoisotopic (exact) mass is 240 g/mol. The highest BCUT2D eigenvalue weighted by molar-refractivity contribution is 6.31. The van der Waals surface area contributed by atoms with Gasteiger partial charge in [0, 0.05) is 31.2 Å². The van der Waals surface area contributed by atoms with E-state index in [0.717, 1.165) is 42.2 Å². The predicted octanol–water partition coefficient (Wildman–Crippen LogP) is 1.37. The van der Waals surface area contributed by atoms with Gasteiger partial charge in [-0.25, -0.2) is 0 Å². The molecule has 1 atom stereocenters. The van der Waals surface area contributed by atoms with Crippen LogP contribution in [0, 0.1) is 0 Å². The van der Waals surface area contributed by atoms with Crippen molar-refractivity contribution in [3.05, 3.63) is 34.3 Å². The van der Waals surface area contributed by atoms with Gasteiger partial charge in [-0.2, -0.15) is 0 Å². The van der Waals surface area contributed by atoms with Gasteiger partial charge in [0.05, 0.1) is 6.10 Å². The summed E-state index contributed by atoms with van der Waals surface area (Å²) in [6, 6.07) is 5.95. The molecule has 4 heteroatoms. The topological polar surface area (TPSA) is 49.5 Å². The first kappa shape index (κ1) is 11.9. The van der Waals surface area contributed by atoms with Crippen LogP contribution in [0.5, 0.6) is 0 Å². The van der Waals surface area contributed by atoms with Crippen LogP contribution in [0.25, 0.3) is 0 Å². The summed E-state index contributed by atoms with van der Waals surface area (Å²) in [4.78, 5) is 2.22. The standard InChI is InChI=1S/C12H17ClN2O/c13-12-5-9(6-14)1-2-10(12)7-15-4-3-11(16)8-15/h1-2,5,11,16H,3-4,6-8,14H2. The van der Waals surface area contributed by atoms with E-state index in [1.807, 2.05) is 18.2 Å². The molecule has 1 aliphatic heterocycles. The number of aliphatic hydroxyl groups is 1. The molecule has 3 nitrogen and oxygen atoms in total. The second kappa shape index (κ2) is 5.15. The molecule has 0 spiro atoms. The number of halogens is 1. The van der Waals surface area contributed by atoms with Crippen LogP contribution in [0.1, 0.15) is 17.5 Å². The third-order valence-electron chi connectivity index (χ3n) is 2.99. The Morgan fingerprint density at radius 3 is 2.88 bits per heavy atom. The number of β-amino-alcohol motifs (C(OH)–C–C–N with tert-alkyl or cyclic N) is 1. The first-order valence-corrected chi connectivity index (χ1v) is 5.94. The number of nitrogens with zero attached hydrogens (tertiary/aromatic N) is 1. The fraction of sp³-hybridized carbons (Fsp3) is 0.500. The highest BCUT2D eigenvalue weighted by atomic mass is 35.5. The van der Waals surface area contributed by atoms with Gasteiger partial charge in [0.2, 0.25) is 0 Å². The summed E-state index contributed by atoms with van der Waals surface area (Å²) >= 11 is 6.18. The summed E-state index contributed by atoms with van der Waals surface area (Å²) in [6.07, 6.45) is 0.681. The Hall–Kier alpha value is -0.610. The number of rotatable bonds is 3. The molecule has 0 amide bonds. The average molecular weight is 241 g/mol. The first-order valence-electron chi connectivity index (χ1n) is 5.57. The van der Waals surface area contributed by atoms with Crippen molar-refractivity contribution < 1.29 is 5.11 Å². The maximum Gasteiger partial charge on any atom is 0.0679 e. The maximum atomic E-state index is 9.44. The van der Waals surface area contributed by atoms with Gasteiger partial charge in [0.25, 0.3) is 0 Å². The molecule has 3 N–H and O–H groups in total. The highest BCUT2D eigenvalue weighted by Gasteiger charge is 2.20. The molecule has 0 saturated carbocycles. The second-order valence-corrected chi connectivity index (χ2v) is 4.71. The molecule has 16 heavy (non-hydrogen) atoms. The van der Waals surface area contributed by atoms with Gasteiger partial charge >= 0.3 is 0 Å². The molecule has 1 aromatic carbocycles. The molecule has 0 aromatic heterocycles. The molecule has 1 unspecified atom stereocenters. The SMILES string of the molecule is NCc1ccc(CN2CCC(O)C2)c(Cl)c1. The molecule has 1 fully saturated rings. The molecule has 88 valence electrons. The Balaban J connectivity index is 2.04. The molecule has 1 aromatic rings. The van der Waals surface area contributed by atoms with E-state index in [4.69, 9.17) is 17.3 Å². The minimum Gasteiger partial charge on any atom is -0.392 e. The van der Waals surface area contributed by atoms with Crippen molar-refractivity contribution in [2.24, 2.45) is 5.73 Å². The highest BCUT2D eigenvalue weighted by Crippen LogP contribution is 2.21. The van der Waals surface area contributed by atoms with Crippen LogP contribution in [0.15, 0.2) is 18.2 Å². The Kier molecular flexibility index (Phi) is 3.82. The maximum absolute atomic E-state index is 9.44. The Morgan fingerprint density at radius 1 is 1.50 bits per heavy atom. The lowest BCUT2D eigenvalue weighted by Gasteiger charge is -2.16. The van der Waals surface area contributed by atoms with E-state index in [-0.39, 0.29) is 6.10 Å². The van der Waals surface area contributed by atoms with Crippen molar-refractivity contribution in [3.8, 4) is 0 Å². The first-order chi connectivity index (χ1) is 7.69. The molecule has 0 bridgehead atoms. The number of benzene rings is 1. The van der Waals surface area contributed by atoms with Crippen molar-refractivity contribution in [1.82, 2.24) is 4.90 Å². The third kappa shape index (κ3) is 2.74. The lowest BCUT2D eigenvalue weighted by Crippen LogP contribution is -2.21. The van der Waals surface area contributed by atoms with Crippen LogP contribution in [-0.4, -0.2) is 29.2 Å². The third-order valence-corrected chi connectivity index (χ3v) is 3.35. The van der Waals surface area contributed by atoms with Crippen molar-refractivity contribution in [2.75, 3.05) is 13.1 Å². The van der Waals surface area contributed by atoms with E-state index < -0.39 is 0 Å². The lowest BCUT2D eigenvalue weighted by molar-refractivity contribution is 0.175. The lowest BCUT2D eigenvalue weighted by atomic mass is 10.1. The fourth-order valence-corrected chi connectivity index (χ4v) is 2.31. The number of nitrogens with two attached hydrogens (primary N) is 1. The summed E-state index contributed by atoms with van der Waals surface area (Å²) in [5.41, 5.74) is 7.70. The number of likely N-dealkylation sites (tertiary alicyclic amines) is 1. The molecule has 0 aliphatic carbocycles. The molecule has 1 heterocycles. The van der Waals surface area contributed by atoms with Crippen LogP contribution in [0.3, 0.4) is 0 Å². The van der Waals surface area contributed by atoms with Crippen LogP contribution in [-0.2, 0) is 13.1 Å². The molecule has 1 aliphatic rings. The molecular formula is C12H17ClN2O. The van der Waals surface area contributed by atoms with E-state index in [0.29, 0.717) is 6.54 Å². The summed E-state index contributed by atoms with van der Waals surface area (Å²) < 4.78 is 0. The van der Waals surface area contributed by atoms with Crippen molar-refractivity contribution in [1.29, 1.82) is 0 Å². The van der Waals surface area contributed by atoms with E-state index in [1.165, 1.54) is 0 Å². The minimum atomic E-state index is -0.179. The summed E-state index contributed by atoms with van der Waals surface area (Å²) in [6.45, 7) is 3.01. The van der Waals surface area contributed by atoms with Gasteiger partial charge in [-0.15, -0.1) is 0 Å². The normalized spacial score (nSPS) is 21.6. The second-order valence-electron chi connectivity index (χ2n) is 4.31. The zero-order valence-corrected chi connectivity index (χ0v) is 9.95. The Labute approximate surface area is 101 Å². The molecule has 2 rings (SSSR count). The van der Waals surface area contributed by atoms with E-state index in [9.17, 15) is 5.11 Å². The van der Waals surface area contributed by atoms with Crippen molar-refractivity contribution in [3.63, 3.8) is 0 Å². The number of hydrogen-bond donors (Lipinski definition) is 2. The van der Waals surface area contributed by atoms with Gasteiger partial charge < -0.3 is 10.8 Å². The largest absolute Gasteiger partial charge is 0.392 e. The van der Waals surface area contributed by atoms with Gasteiger partial charge in [-0.3, -0.25) is 4.90 Å². The van der Waals surface area contributed by atoms with Crippen LogP contribution < -0.4 is 5.73 Å². The minimum absolute atomic E-state index is 0.179. The van der Waals surface area contributed by atoms with Gasteiger partial charge in [-0.05, 0) is 23.6 Å². The predicted molar refractivity (Wildman–Crippen MR) is 65.2 cm³/mol. The van der Waals surface area contributed by atoms with Crippen LogP contribution in [0.4, 0.5) is 0 Å². The van der Waals surface area contributed by atoms with E-state index in [2.05, 4.69) is 4.90 Å². The summed E-state index contributed by atoms with van der Waals surface area (Å²) in [7, 11) is 0. The Morgan fingerprint density at radius 2 is 2.31 bits per heavy atom. The number of hydrogen-bond acceptors (Lipinski definition) is 3. The van der Waals surface area contributed by atoms with Crippen molar-refractivity contribution in [2.45, 2.75) is 25.6 Å². The molecule has 1 saturated heterocycles. The molecule has 0 radical (unpaired) electrons. The summed E-state index contributed by atoms with van der Waals surface area (Å²) in [5.74, 6) is 0. The average Bonchev–Trinajstić information content (AvgIpc) is 2.67. The van der Waals surface area contributed by atoms with Crippen molar-refractivity contribution >= 4 is 11.6 Å².